The third kappa shape index (κ3) is 2.11. The summed E-state index contributed by atoms with van der Waals surface area (Å²) >= 11 is 0. The van der Waals surface area contributed by atoms with E-state index in [2.05, 4.69) is 9.88 Å². The number of hydrogen-bond donors (Lipinski definition) is 1. The average molecular weight is 246 g/mol. The second-order valence-electron chi connectivity index (χ2n) is 4.36. The first-order valence-corrected chi connectivity index (χ1v) is 6.10. The van der Waals surface area contributed by atoms with Crippen LogP contribution in [0.4, 0.5) is 10.1 Å². The molecule has 3 rings (SSSR count). The third-order valence-corrected chi connectivity index (χ3v) is 3.23. The molecule has 1 fully saturated rings. The number of aromatic amines is 1. The first-order valence-electron chi connectivity index (χ1n) is 6.10. The molecule has 1 aliphatic rings. The number of benzene rings is 1. The van der Waals surface area contributed by atoms with Gasteiger partial charge in [-0.15, -0.1) is 0 Å². The number of nitrogens with zero attached hydrogens (tertiary/aromatic N) is 1. The van der Waals surface area contributed by atoms with Crippen molar-refractivity contribution < 1.29 is 9.13 Å². The summed E-state index contributed by atoms with van der Waals surface area (Å²) < 4.78 is 18.3. The second kappa shape index (κ2) is 4.82. The molecule has 1 aliphatic heterocycles. The minimum absolute atomic E-state index is 0.206. The summed E-state index contributed by atoms with van der Waals surface area (Å²) in [6.45, 7) is 3.31. The van der Waals surface area contributed by atoms with Gasteiger partial charge in [0, 0.05) is 31.0 Å². The molecule has 0 saturated carbocycles. The number of halogens is 1. The van der Waals surface area contributed by atoms with Crippen molar-refractivity contribution in [1.29, 1.82) is 0 Å². The number of ether oxygens (including phenoxy) is 1. The molecule has 2 aromatic rings. The highest BCUT2D eigenvalue weighted by Gasteiger charge is 2.16. The van der Waals surface area contributed by atoms with Crippen LogP contribution in [0.5, 0.6) is 0 Å². The molecule has 1 N–H and O–H groups in total. The number of rotatable bonds is 2. The molecule has 1 aromatic heterocycles. The molecule has 18 heavy (non-hydrogen) atoms. The summed E-state index contributed by atoms with van der Waals surface area (Å²) in [6.07, 6.45) is 3.95. The van der Waals surface area contributed by atoms with E-state index in [-0.39, 0.29) is 5.82 Å². The maximum atomic E-state index is 12.9. The van der Waals surface area contributed by atoms with Gasteiger partial charge in [0.05, 0.1) is 18.9 Å². The summed E-state index contributed by atoms with van der Waals surface area (Å²) in [5, 5.41) is 0. The van der Waals surface area contributed by atoms with E-state index in [4.69, 9.17) is 4.74 Å². The Bertz CT molecular complexity index is 515. The lowest BCUT2D eigenvalue weighted by Crippen LogP contribution is -2.36. The monoisotopic (exact) mass is 246 g/mol. The van der Waals surface area contributed by atoms with Gasteiger partial charge in [-0.1, -0.05) is 12.1 Å². The number of nitrogens with one attached hydrogen (secondary N) is 1. The molecule has 0 aliphatic carbocycles. The van der Waals surface area contributed by atoms with E-state index in [0.717, 1.165) is 43.1 Å². The summed E-state index contributed by atoms with van der Waals surface area (Å²) in [4.78, 5) is 5.42. The lowest BCUT2D eigenvalue weighted by Gasteiger charge is -2.29. The van der Waals surface area contributed by atoms with Crippen molar-refractivity contribution in [2.45, 2.75) is 0 Å². The predicted octanol–water partition coefficient (Wildman–Crippen LogP) is 2.66. The molecule has 0 bridgehead atoms. The van der Waals surface area contributed by atoms with E-state index in [1.807, 2.05) is 24.5 Å². The number of hydrogen-bond acceptors (Lipinski definition) is 2. The van der Waals surface area contributed by atoms with Gasteiger partial charge in [0.1, 0.15) is 5.82 Å². The van der Waals surface area contributed by atoms with Gasteiger partial charge in [-0.3, -0.25) is 0 Å². The molecule has 3 nitrogen and oxygen atoms in total. The summed E-state index contributed by atoms with van der Waals surface area (Å²) in [7, 11) is 0. The van der Waals surface area contributed by atoms with Crippen molar-refractivity contribution in [3.8, 4) is 11.1 Å². The number of anilines is 1. The van der Waals surface area contributed by atoms with Gasteiger partial charge >= 0.3 is 0 Å². The molecule has 2 heterocycles. The number of aromatic nitrogens is 1. The zero-order valence-electron chi connectivity index (χ0n) is 10.0. The normalized spacial score (nSPS) is 15.9. The highest BCUT2D eigenvalue weighted by atomic mass is 19.1. The van der Waals surface area contributed by atoms with Crippen LogP contribution >= 0.6 is 0 Å². The fraction of sp³-hybridized carbons (Fsp3) is 0.286. The molecular weight excluding hydrogens is 231 g/mol. The Morgan fingerprint density at radius 1 is 1.06 bits per heavy atom. The SMILES string of the molecule is Fc1ccc(-c2c[nH]cc2N2CCOCC2)cc1. The van der Waals surface area contributed by atoms with Crippen molar-refractivity contribution in [1.82, 2.24) is 4.98 Å². The first-order chi connectivity index (χ1) is 8.84. The topological polar surface area (TPSA) is 28.3 Å². The third-order valence-electron chi connectivity index (χ3n) is 3.23. The summed E-state index contributed by atoms with van der Waals surface area (Å²) in [5.41, 5.74) is 3.29. The standard InChI is InChI=1S/C14H15FN2O/c15-12-3-1-11(2-4-12)13-9-16-10-14(13)17-5-7-18-8-6-17/h1-4,9-10,16H,5-8H2. The van der Waals surface area contributed by atoms with Gasteiger partial charge in [-0.2, -0.15) is 0 Å². The molecule has 1 aromatic carbocycles. The minimum Gasteiger partial charge on any atom is -0.378 e. The van der Waals surface area contributed by atoms with E-state index < -0.39 is 0 Å². The Labute approximate surface area is 105 Å². The van der Waals surface area contributed by atoms with Crippen molar-refractivity contribution in [2.75, 3.05) is 31.2 Å². The van der Waals surface area contributed by atoms with E-state index in [0.29, 0.717) is 0 Å². The zero-order chi connectivity index (χ0) is 12.4. The Morgan fingerprint density at radius 2 is 1.78 bits per heavy atom. The Balaban J connectivity index is 1.93. The van der Waals surface area contributed by atoms with Crippen LogP contribution in [-0.4, -0.2) is 31.3 Å². The van der Waals surface area contributed by atoms with Crippen LogP contribution in [0, 0.1) is 5.82 Å². The molecule has 4 heteroatoms. The Hall–Kier alpha value is -1.81. The highest BCUT2D eigenvalue weighted by molar-refractivity contribution is 5.78. The quantitative estimate of drug-likeness (QED) is 0.882. The van der Waals surface area contributed by atoms with Crippen LogP contribution in [0.2, 0.25) is 0 Å². The van der Waals surface area contributed by atoms with Crippen LogP contribution in [0.3, 0.4) is 0 Å². The molecule has 0 atom stereocenters. The lowest BCUT2D eigenvalue weighted by molar-refractivity contribution is 0.123. The summed E-state index contributed by atoms with van der Waals surface area (Å²) in [6, 6.07) is 6.60. The van der Waals surface area contributed by atoms with E-state index in [1.54, 1.807) is 0 Å². The van der Waals surface area contributed by atoms with Gasteiger partial charge < -0.3 is 14.6 Å². The molecular formula is C14H15FN2O. The van der Waals surface area contributed by atoms with Crippen molar-refractivity contribution in [3.63, 3.8) is 0 Å². The molecule has 0 radical (unpaired) electrons. The van der Waals surface area contributed by atoms with E-state index in [9.17, 15) is 4.39 Å². The minimum atomic E-state index is -0.206. The first kappa shape index (κ1) is 11.3. The van der Waals surface area contributed by atoms with E-state index in [1.165, 1.54) is 12.1 Å². The smallest absolute Gasteiger partial charge is 0.123 e. The van der Waals surface area contributed by atoms with Crippen molar-refractivity contribution in [3.05, 3.63) is 42.5 Å². The fourth-order valence-corrected chi connectivity index (χ4v) is 2.28. The maximum absolute atomic E-state index is 12.9. The van der Waals surface area contributed by atoms with Gasteiger partial charge in [0.2, 0.25) is 0 Å². The molecule has 0 amide bonds. The van der Waals surface area contributed by atoms with Gasteiger partial charge in [0.15, 0.2) is 0 Å². The van der Waals surface area contributed by atoms with Crippen LogP contribution in [-0.2, 0) is 4.74 Å². The average Bonchev–Trinajstić information content (AvgIpc) is 2.90. The van der Waals surface area contributed by atoms with E-state index >= 15 is 0 Å². The molecule has 94 valence electrons. The van der Waals surface area contributed by atoms with Gasteiger partial charge in [-0.25, -0.2) is 4.39 Å². The van der Waals surface area contributed by atoms with Gasteiger partial charge in [0.25, 0.3) is 0 Å². The van der Waals surface area contributed by atoms with Crippen LogP contribution in [0.15, 0.2) is 36.7 Å². The molecule has 0 spiro atoms. The molecule has 0 unspecified atom stereocenters. The van der Waals surface area contributed by atoms with Crippen molar-refractivity contribution >= 4 is 5.69 Å². The Kier molecular flexibility index (Phi) is 3.02. The Morgan fingerprint density at radius 3 is 2.50 bits per heavy atom. The number of H-pyrrole nitrogens is 1. The van der Waals surface area contributed by atoms with Gasteiger partial charge in [-0.05, 0) is 17.7 Å². The predicted molar refractivity (Wildman–Crippen MR) is 69.2 cm³/mol. The van der Waals surface area contributed by atoms with Crippen LogP contribution in [0.25, 0.3) is 11.1 Å². The van der Waals surface area contributed by atoms with Crippen LogP contribution in [0.1, 0.15) is 0 Å². The van der Waals surface area contributed by atoms with Crippen LogP contribution < -0.4 is 4.90 Å². The second-order valence-corrected chi connectivity index (χ2v) is 4.36. The van der Waals surface area contributed by atoms with Crippen molar-refractivity contribution in [2.24, 2.45) is 0 Å². The maximum Gasteiger partial charge on any atom is 0.123 e. The zero-order valence-corrected chi connectivity index (χ0v) is 10.0. The molecule has 1 saturated heterocycles. The lowest BCUT2D eigenvalue weighted by atomic mass is 10.1. The highest BCUT2D eigenvalue weighted by Crippen LogP contribution is 2.31. The fourth-order valence-electron chi connectivity index (χ4n) is 2.28. The summed E-state index contributed by atoms with van der Waals surface area (Å²) in [5.74, 6) is -0.206. The number of morpholine rings is 1. The largest absolute Gasteiger partial charge is 0.378 e.